The standard InChI is InChI=1S/C23H36O8/c1-15(13-29-14-17-8-10-18(26-5)11-9-17)12-16(2)19(24)20-21(25)31-23(4,28-7)22(3,27-6)30-20/h8-11,15-16,19-20,24H,12-14H2,1-7H3/t15-,16+,19-,20-,22+,23+/m0/s1. The van der Waals surface area contributed by atoms with Gasteiger partial charge >= 0.3 is 5.97 Å². The molecule has 176 valence electrons. The van der Waals surface area contributed by atoms with Gasteiger partial charge in [0.1, 0.15) is 5.75 Å². The van der Waals surface area contributed by atoms with Crippen LogP contribution >= 0.6 is 0 Å². The molecule has 1 N–H and O–H groups in total. The van der Waals surface area contributed by atoms with E-state index in [4.69, 9.17) is 28.4 Å². The Morgan fingerprint density at radius 1 is 1.06 bits per heavy atom. The van der Waals surface area contributed by atoms with E-state index in [1.807, 2.05) is 38.1 Å². The van der Waals surface area contributed by atoms with E-state index >= 15 is 0 Å². The number of ether oxygens (including phenoxy) is 6. The fraction of sp³-hybridized carbons (Fsp3) is 0.696. The van der Waals surface area contributed by atoms with Crippen LogP contribution in [0.25, 0.3) is 0 Å². The van der Waals surface area contributed by atoms with E-state index in [0.29, 0.717) is 19.6 Å². The molecule has 1 aromatic rings. The fourth-order valence-corrected chi connectivity index (χ4v) is 3.65. The number of carbonyl (C=O) groups excluding carboxylic acids is 1. The van der Waals surface area contributed by atoms with E-state index in [1.165, 1.54) is 14.2 Å². The van der Waals surface area contributed by atoms with Gasteiger partial charge in [0.15, 0.2) is 6.10 Å². The summed E-state index contributed by atoms with van der Waals surface area (Å²) in [6, 6.07) is 7.71. The highest BCUT2D eigenvalue weighted by Crippen LogP contribution is 2.39. The van der Waals surface area contributed by atoms with Gasteiger partial charge in [-0.2, -0.15) is 0 Å². The molecule has 8 nitrogen and oxygen atoms in total. The van der Waals surface area contributed by atoms with Crippen molar-refractivity contribution >= 4 is 5.97 Å². The van der Waals surface area contributed by atoms with Crippen molar-refractivity contribution in [2.45, 2.75) is 64.5 Å². The maximum absolute atomic E-state index is 12.5. The molecule has 1 saturated heterocycles. The average molecular weight is 441 g/mol. The van der Waals surface area contributed by atoms with Gasteiger partial charge in [-0.25, -0.2) is 4.79 Å². The molecular weight excluding hydrogens is 404 g/mol. The Bertz CT molecular complexity index is 708. The average Bonchev–Trinajstić information content (AvgIpc) is 2.76. The molecule has 0 aliphatic carbocycles. The molecule has 0 spiro atoms. The lowest BCUT2D eigenvalue weighted by atomic mass is 9.89. The molecule has 0 bridgehead atoms. The van der Waals surface area contributed by atoms with Crippen molar-refractivity contribution in [3.63, 3.8) is 0 Å². The maximum atomic E-state index is 12.5. The van der Waals surface area contributed by atoms with Gasteiger partial charge in [0.05, 0.1) is 19.8 Å². The quantitative estimate of drug-likeness (QED) is 0.525. The lowest BCUT2D eigenvalue weighted by Gasteiger charge is -2.48. The highest BCUT2D eigenvalue weighted by atomic mass is 16.8. The normalized spacial score (nSPS) is 29.2. The topological polar surface area (TPSA) is 92.7 Å². The van der Waals surface area contributed by atoms with Gasteiger partial charge in [-0.3, -0.25) is 0 Å². The first-order valence-electron chi connectivity index (χ1n) is 10.5. The summed E-state index contributed by atoms with van der Waals surface area (Å²) in [6.45, 7) is 8.10. The zero-order chi connectivity index (χ0) is 23.2. The third-order valence-corrected chi connectivity index (χ3v) is 5.98. The van der Waals surface area contributed by atoms with E-state index in [1.54, 1.807) is 21.0 Å². The number of rotatable bonds is 11. The van der Waals surface area contributed by atoms with E-state index in [0.717, 1.165) is 11.3 Å². The summed E-state index contributed by atoms with van der Waals surface area (Å²) in [5.74, 6) is -2.71. The Balaban J connectivity index is 1.87. The van der Waals surface area contributed by atoms with Gasteiger partial charge in [0.2, 0.25) is 5.79 Å². The van der Waals surface area contributed by atoms with Crippen LogP contribution < -0.4 is 4.74 Å². The monoisotopic (exact) mass is 440 g/mol. The molecule has 1 aromatic carbocycles. The summed E-state index contributed by atoms with van der Waals surface area (Å²) in [5, 5.41) is 10.8. The molecule has 0 unspecified atom stereocenters. The van der Waals surface area contributed by atoms with E-state index < -0.39 is 29.8 Å². The number of hydrogen-bond donors (Lipinski definition) is 1. The summed E-state index contributed by atoms with van der Waals surface area (Å²) < 4.78 is 33.0. The summed E-state index contributed by atoms with van der Waals surface area (Å²) in [6.07, 6.45) is -1.59. The van der Waals surface area contributed by atoms with Crippen LogP contribution in [0.15, 0.2) is 24.3 Å². The van der Waals surface area contributed by atoms with Gasteiger partial charge in [-0.15, -0.1) is 0 Å². The predicted molar refractivity (Wildman–Crippen MR) is 113 cm³/mol. The summed E-state index contributed by atoms with van der Waals surface area (Å²) in [5.41, 5.74) is 1.06. The molecule has 0 aromatic heterocycles. The number of benzene rings is 1. The fourth-order valence-electron chi connectivity index (χ4n) is 3.65. The zero-order valence-corrected chi connectivity index (χ0v) is 19.5. The minimum atomic E-state index is -1.42. The van der Waals surface area contributed by atoms with Crippen molar-refractivity contribution in [1.82, 2.24) is 0 Å². The van der Waals surface area contributed by atoms with E-state index in [-0.39, 0.29) is 11.8 Å². The van der Waals surface area contributed by atoms with Gasteiger partial charge in [0, 0.05) is 27.8 Å². The number of hydrogen-bond acceptors (Lipinski definition) is 8. The van der Waals surface area contributed by atoms with Gasteiger partial charge in [0.25, 0.3) is 5.79 Å². The minimum absolute atomic E-state index is 0.167. The van der Waals surface area contributed by atoms with Gasteiger partial charge in [-0.1, -0.05) is 26.0 Å². The Morgan fingerprint density at radius 3 is 2.23 bits per heavy atom. The first-order valence-corrected chi connectivity index (χ1v) is 10.5. The predicted octanol–water partition coefficient (Wildman–Crippen LogP) is 2.90. The molecular formula is C23H36O8. The van der Waals surface area contributed by atoms with Crippen molar-refractivity contribution in [3.05, 3.63) is 29.8 Å². The Kier molecular flexibility index (Phi) is 8.85. The number of carbonyl (C=O) groups is 1. The minimum Gasteiger partial charge on any atom is -0.497 e. The van der Waals surface area contributed by atoms with Crippen LogP contribution in [0.3, 0.4) is 0 Å². The Hall–Kier alpha value is -1.71. The number of aliphatic hydroxyl groups is 1. The second-order valence-corrected chi connectivity index (χ2v) is 8.43. The number of methoxy groups -OCH3 is 3. The van der Waals surface area contributed by atoms with Crippen molar-refractivity contribution in [2.24, 2.45) is 11.8 Å². The van der Waals surface area contributed by atoms with Gasteiger partial charge in [-0.05, 0) is 42.9 Å². The Labute approximate surface area is 184 Å². The molecule has 0 radical (unpaired) electrons. The van der Waals surface area contributed by atoms with Crippen molar-refractivity contribution in [2.75, 3.05) is 27.9 Å². The lowest BCUT2D eigenvalue weighted by molar-refractivity contribution is -0.411. The van der Waals surface area contributed by atoms with Crippen molar-refractivity contribution in [1.29, 1.82) is 0 Å². The van der Waals surface area contributed by atoms with Crippen molar-refractivity contribution < 1.29 is 38.3 Å². The SMILES string of the molecule is COc1ccc(COC[C@@H](C)C[C@@H](C)[C@H](O)[C@@H]2O[C@@](C)(OC)[C@](C)(OC)OC2=O)cc1. The van der Waals surface area contributed by atoms with Crippen LogP contribution in [-0.2, 0) is 35.1 Å². The second kappa shape index (κ2) is 10.7. The molecule has 0 saturated carbocycles. The molecule has 31 heavy (non-hydrogen) atoms. The number of esters is 1. The van der Waals surface area contributed by atoms with E-state index in [2.05, 4.69) is 0 Å². The first-order chi connectivity index (χ1) is 14.6. The molecule has 1 aliphatic rings. The third-order valence-electron chi connectivity index (χ3n) is 5.98. The second-order valence-electron chi connectivity index (χ2n) is 8.43. The molecule has 1 aliphatic heterocycles. The van der Waals surface area contributed by atoms with Gasteiger partial charge < -0.3 is 33.5 Å². The molecule has 0 amide bonds. The summed E-state index contributed by atoms with van der Waals surface area (Å²) >= 11 is 0. The third kappa shape index (κ3) is 5.96. The van der Waals surface area contributed by atoms with Crippen LogP contribution in [-0.4, -0.2) is 62.8 Å². The largest absolute Gasteiger partial charge is 0.497 e. The van der Waals surface area contributed by atoms with Crippen LogP contribution in [0.5, 0.6) is 5.75 Å². The van der Waals surface area contributed by atoms with Crippen LogP contribution in [0.4, 0.5) is 0 Å². The van der Waals surface area contributed by atoms with Crippen molar-refractivity contribution in [3.8, 4) is 5.75 Å². The lowest BCUT2D eigenvalue weighted by Crippen LogP contribution is -2.66. The number of cyclic esters (lactones) is 1. The summed E-state index contributed by atoms with van der Waals surface area (Å²) in [7, 11) is 4.47. The number of aliphatic hydroxyl groups excluding tert-OH is 1. The summed E-state index contributed by atoms with van der Waals surface area (Å²) in [4.78, 5) is 12.5. The van der Waals surface area contributed by atoms with E-state index in [9.17, 15) is 9.90 Å². The highest BCUT2D eigenvalue weighted by Gasteiger charge is 2.59. The zero-order valence-electron chi connectivity index (χ0n) is 19.5. The maximum Gasteiger partial charge on any atom is 0.340 e. The molecule has 2 rings (SSSR count). The smallest absolute Gasteiger partial charge is 0.340 e. The molecule has 1 fully saturated rings. The van der Waals surface area contributed by atoms with Crippen LogP contribution in [0.1, 0.15) is 39.7 Å². The first kappa shape index (κ1) is 25.5. The van der Waals surface area contributed by atoms with Crippen LogP contribution in [0.2, 0.25) is 0 Å². The highest BCUT2D eigenvalue weighted by molar-refractivity contribution is 5.76. The molecule has 8 heteroatoms. The molecule has 6 atom stereocenters. The molecule has 1 heterocycles. The Morgan fingerprint density at radius 2 is 1.68 bits per heavy atom. The van der Waals surface area contributed by atoms with Crippen LogP contribution in [0, 0.1) is 11.8 Å².